The summed E-state index contributed by atoms with van der Waals surface area (Å²) in [5.74, 6) is 1.04. The van der Waals surface area contributed by atoms with Crippen molar-refractivity contribution in [1.29, 1.82) is 0 Å². The number of rotatable bonds is 8. The van der Waals surface area contributed by atoms with Gasteiger partial charge in [0, 0.05) is 24.5 Å². The van der Waals surface area contributed by atoms with Crippen LogP contribution in [0.5, 0.6) is 5.75 Å². The molecule has 0 aliphatic carbocycles. The molecule has 3 aromatic rings. The first-order chi connectivity index (χ1) is 13.6. The average molecular weight is 395 g/mol. The highest BCUT2D eigenvalue weighted by Gasteiger charge is 2.15. The van der Waals surface area contributed by atoms with E-state index >= 15 is 0 Å². The Bertz CT molecular complexity index is 1030. The normalized spacial score (nSPS) is 10.5. The zero-order valence-corrected chi connectivity index (χ0v) is 16.4. The zero-order chi connectivity index (χ0) is 19.9. The second-order valence-corrected chi connectivity index (χ2v) is 6.24. The maximum atomic E-state index is 12.6. The van der Waals surface area contributed by atoms with Gasteiger partial charge in [0.05, 0.1) is 12.3 Å². The topological polar surface area (TPSA) is 74.0 Å². The number of carbonyl (C=O) groups is 1. The molecule has 0 radical (unpaired) electrons. The van der Waals surface area contributed by atoms with E-state index in [9.17, 15) is 4.79 Å². The molecule has 7 nitrogen and oxygen atoms in total. The number of pyridine rings is 1. The molecule has 28 heavy (non-hydrogen) atoms. The van der Waals surface area contributed by atoms with E-state index in [0.717, 1.165) is 5.56 Å². The minimum Gasteiger partial charge on any atom is -0.492 e. The molecule has 8 heteroatoms. The minimum atomic E-state index is -0.243. The van der Waals surface area contributed by atoms with Crippen molar-refractivity contribution in [3.63, 3.8) is 0 Å². The van der Waals surface area contributed by atoms with Crippen molar-refractivity contribution < 1.29 is 9.53 Å². The van der Waals surface area contributed by atoms with Crippen LogP contribution in [0.2, 0.25) is 0 Å². The summed E-state index contributed by atoms with van der Waals surface area (Å²) in [6, 6.07) is 11.0. The summed E-state index contributed by atoms with van der Waals surface area (Å²) < 4.78 is 9.33. The third kappa shape index (κ3) is 4.34. The van der Waals surface area contributed by atoms with Crippen molar-refractivity contribution in [2.75, 3.05) is 11.9 Å². The number of amides is 1. The molecule has 0 unspecified atom stereocenters. The summed E-state index contributed by atoms with van der Waals surface area (Å²) in [5.41, 5.74) is 1.48. The third-order valence-corrected chi connectivity index (χ3v) is 4.36. The Balaban J connectivity index is 1.85. The minimum absolute atomic E-state index is 0.0124. The van der Waals surface area contributed by atoms with Crippen molar-refractivity contribution in [3.05, 3.63) is 66.2 Å². The molecule has 0 saturated carbocycles. The van der Waals surface area contributed by atoms with Gasteiger partial charge in [0.25, 0.3) is 0 Å². The lowest BCUT2D eigenvalue weighted by Gasteiger charge is -2.11. The van der Waals surface area contributed by atoms with Crippen molar-refractivity contribution in [2.45, 2.75) is 20.0 Å². The van der Waals surface area contributed by atoms with Crippen LogP contribution < -0.4 is 10.1 Å². The molecule has 0 bridgehead atoms. The van der Waals surface area contributed by atoms with Gasteiger partial charge in [0.15, 0.2) is 10.6 Å². The summed E-state index contributed by atoms with van der Waals surface area (Å²) in [4.78, 5) is 16.6. The number of aromatic nitrogens is 4. The summed E-state index contributed by atoms with van der Waals surface area (Å²) in [6.45, 7) is 6.66. The maximum Gasteiger partial charge on any atom is 0.246 e. The lowest BCUT2D eigenvalue weighted by atomic mass is 10.2. The van der Waals surface area contributed by atoms with Crippen LogP contribution in [0.25, 0.3) is 11.4 Å². The maximum absolute atomic E-state index is 12.6. The van der Waals surface area contributed by atoms with Gasteiger partial charge in [-0.05, 0) is 43.4 Å². The molecule has 0 aliphatic heterocycles. The van der Waals surface area contributed by atoms with Crippen LogP contribution in [0.1, 0.15) is 6.92 Å². The Hall–Kier alpha value is -3.26. The van der Waals surface area contributed by atoms with Crippen LogP contribution in [0.3, 0.4) is 0 Å². The number of nitrogens with zero attached hydrogens (tertiary/aromatic N) is 4. The van der Waals surface area contributed by atoms with Gasteiger partial charge in [0.2, 0.25) is 5.91 Å². The highest BCUT2D eigenvalue weighted by molar-refractivity contribution is 7.71. The fraction of sp³-hybridized carbons (Fsp3) is 0.200. The van der Waals surface area contributed by atoms with Crippen LogP contribution in [-0.2, 0) is 17.9 Å². The number of hydrogen-bond acceptors (Lipinski definition) is 5. The highest BCUT2D eigenvalue weighted by Crippen LogP contribution is 2.24. The van der Waals surface area contributed by atoms with Gasteiger partial charge >= 0.3 is 0 Å². The van der Waals surface area contributed by atoms with Crippen LogP contribution in [0.15, 0.2) is 61.4 Å². The highest BCUT2D eigenvalue weighted by atomic mass is 32.1. The van der Waals surface area contributed by atoms with Crippen LogP contribution in [0, 0.1) is 4.77 Å². The number of hydrogen-bond donors (Lipinski definition) is 1. The van der Waals surface area contributed by atoms with E-state index in [0.29, 0.717) is 35.2 Å². The first-order valence-corrected chi connectivity index (χ1v) is 9.25. The number of para-hydroxylation sites is 2. The number of allylic oxidation sites excluding steroid dienone is 1. The number of nitrogens with one attached hydrogen (secondary N) is 1. The monoisotopic (exact) mass is 395 g/mol. The van der Waals surface area contributed by atoms with E-state index in [-0.39, 0.29) is 12.5 Å². The second kappa shape index (κ2) is 9.09. The van der Waals surface area contributed by atoms with Crippen LogP contribution in [-0.4, -0.2) is 31.8 Å². The van der Waals surface area contributed by atoms with E-state index in [1.54, 1.807) is 24.5 Å². The first-order valence-electron chi connectivity index (χ1n) is 8.84. The average Bonchev–Trinajstić information content (AvgIpc) is 3.00. The Morgan fingerprint density at radius 3 is 2.75 bits per heavy atom. The fourth-order valence-electron chi connectivity index (χ4n) is 2.73. The molecule has 3 rings (SSSR count). The van der Waals surface area contributed by atoms with E-state index in [2.05, 4.69) is 22.0 Å². The molecule has 1 amide bonds. The number of benzene rings is 1. The molecule has 1 aromatic carbocycles. The van der Waals surface area contributed by atoms with E-state index < -0.39 is 0 Å². The Labute approximate surface area is 168 Å². The van der Waals surface area contributed by atoms with Crippen LogP contribution in [0.4, 0.5) is 5.69 Å². The molecule has 0 aliphatic rings. The summed E-state index contributed by atoms with van der Waals surface area (Å²) >= 11 is 5.52. The summed E-state index contributed by atoms with van der Waals surface area (Å²) in [7, 11) is 0. The molecule has 1 N–H and O–H groups in total. The second-order valence-electron chi connectivity index (χ2n) is 5.88. The van der Waals surface area contributed by atoms with E-state index in [4.69, 9.17) is 17.0 Å². The molecule has 2 heterocycles. The van der Waals surface area contributed by atoms with Crippen molar-refractivity contribution in [1.82, 2.24) is 19.3 Å². The summed E-state index contributed by atoms with van der Waals surface area (Å²) in [5, 5.41) is 7.41. The van der Waals surface area contributed by atoms with Gasteiger partial charge < -0.3 is 10.1 Å². The fourth-order valence-corrected chi connectivity index (χ4v) is 3.00. The standard InChI is InChI=1S/C20H21N5O2S/c1-3-13-24-19(15-9-11-21-12-10-15)23-25(20(24)28)14-18(26)22-16-7-5-6-8-17(16)27-4-2/h3,5-12H,1,4,13-14H2,2H3,(H,22,26). The predicted octanol–water partition coefficient (Wildman–Crippen LogP) is 3.70. The summed E-state index contributed by atoms with van der Waals surface area (Å²) in [6.07, 6.45) is 5.12. The predicted molar refractivity (Wildman–Crippen MR) is 111 cm³/mol. The first kappa shape index (κ1) is 19.5. The molecular formula is C20H21N5O2S. The number of ether oxygens (including phenoxy) is 1. The van der Waals surface area contributed by atoms with Gasteiger partial charge in [-0.3, -0.25) is 14.3 Å². The van der Waals surface area contributed by atoms with Crippen LogP contribution >= 0.6 is 12.2 Å². The van der Waals surface area contributed by atoms with Crippen molar-refractivity contribution in [2.24, 2.45) is 0 Å². The van der Waals surface area contributed by atoms with Gasteiger partial charge in [-0.1, -0.05) is 18.2 Å². The van der Waals surface area contributed by atoms with Gasteiger partial charge in [0.1, 0.15) is 12.3 Å². The number of carbonyl (C=O) groups excluding carboxylic acids is 1. The zero-order valence-electron chi connectivity index (χ0n) is 15.5. The van der Waals surface area contributed by atoms with E-state index in [1.165, 1.54) is 4.68 Å². The molecule has 0 saturated heterocycles. The largest absolute Gasteiger partial charge is 0.492 e. The third-order valence-electron chi connectivity index (χ3n) is 3.93. The Kier molecular flexibility index (Phi) is 6.33. The molecule has 0 atom stereocenters. The quantitative estimate of drug-likeness (QED) is 0.465. The molecule has 2 aromatic heterocycles. The van der Waals surface area contributed by atoms with Gasteiger partial charge in [-0.2, -0.15) is 5.10 Å². The number of anilines is 1. The van der Waals surface area contributed by atoms with Gasteiger partial charge in [-0.25, -0.2) is 4.68 Å². The lowest BCUT2D eigenvalue weighted by Crippen LogP contribution is -2.20. The smallest absolute Gasteiger partial charge is 0.246 e. The lowest BCUT2D eigenvalue weighted by molar-refractivity contribution is -0.116. The Morgan fingerprint density at radius 2 is 2.04 bits per heavy atom. The van der Waals surface area contributed by atoms with Crippen molar-refractivity contribution >= 4 is 23.8 Å². The Morgan fingerprint density at radius 1 is 1.29 bits per heavy atom. The SMILES string of the molecule is C=CCn1c(-c2ccncc2)nn(CC(=O)Nc2ccccc2OCC)c1=S. The molecule has 0 fully saturated rings. The molecular weight excluding hydrogens is 374 g/mol. The van der Waals surface area contributed by atoms with Crippen molar-refractivity contribution in [3.8, 4) is 17.1 Å². The molecule has 144 valence electrons. The molecule has 0 spiro atoms. The van der Waals surface area contributed by atoms with Gasteiger partial charge in [-0.15, -0.1) is 6.58 Å². The van der Waals surface area contributed by atoms with E-state index in [1.807, 2.05) is 41.8 Å².